The fourth-order valence-electron chi connectivity index (χ4n) is 3.48. The minimum atomic E-state index is -0.398. The van der Waals surface area contributed by atoms with Crippen LogP contribution in [-0.2, 0) is 10.2 Å². The zero-order chi connectivity index (χ0) is 19.8. The molecule has 0 aliphatic carbocycles. The van der Waals surface area contributed by atoms with E-state index in [1.54, 1.807) is 13.3 Å². The number of methoxy groups -OCH3 is 2. The van der Waals surface area contributed by atoms with Gasteiger partial charge in [0, 0.05) is 22.7 Å². The second-order valence-electron chi connectivity index (χ2n) is 7.63. The first kappa shape index (κ1) is 18.9. The molecule has 0 radical (unpaired) electrons. The molecule has 0 fully saturated rings. The highest BCUT2D eigenvalue weighted by Gasteiger charge is 2.29. The number of nitrogens with zero attached hydrogens (tertiary/aromatic N) is 1. The second kappa shape index (κ2) is 7.03. The third-order valence-electron chi connectivity index (χ3n) is 4.86. The molecule has 140 valence electrons. The molecule has 0 N–H and O–H groups in total. The van der Waals surface area contributed by atoms with Gasteiger partial charge in [-0.05, 0) is 35.6 Å². The molecule has 0 atom stereocenters. The number of hydrogen-bond acceptors (Lipinski definition) is 4. The number of rotatable bonds is 3. The third kappa shape index (κ3) is 3.27. The fourth-order valence-corrected chi connectivity index (χ4v) is 3.48. The van der Waals surface area contributed by atoms with Crippen LogP contribution in [0.5, 0.6) is 5.75 Å². The molecule has 0 spiro atoms. The van der Waals surface area contributed by atoms with Crippen LogP contribution in [0, 0.1) is 6.92 Å². The molecule has 4 nitrogen and oxygen atoms in total. The molecule has 0 saturated carbocycles. The molecular weight excluding hydrogens is 338 g/mol. The number of carbonyl (C=O) groups excluding carboxylic acids is 1. The highest BCUT2D eigenvalue weighted by atomic mass is 16.5. The first-order valence-corrected chi connectivity index (χ1v) is 8.94. The van der Waals surface area contributed by atoms with Crippen molar-refractivity contribution >= 4 is 16.9 Å². The summed E-state index contributed by atoms with van der Waals surface area (Å²) in [6.45, 7) is 8.24. The van der Waals surface area contributed by atoms with Gasteiger partial charge in [0.25, 0.3) is 0 Å². The maximum atomic E-state index is 12.6. The normalized spacial score (nSPS) is 11.5. The molecule has 0 bridgehead atoms. The van der Waals surface area contributed by atoms with E-state index >= 15 is 0 Å². The van der Waals surface area contributed by atoms with Gasteiger partial charge in [0.15, 0.2) is 0 Å². The summed E-state index contributed by atoms with van der Waals surface area (Å²) in [4.78, 5) is 17.2. The Morgan fingerprint density at radius 2 is 1.74 bits per heavy atom. The van der Waals surface area contributed by atoms with Gasteiger partial charge < -0.3 is 9.47 Å². The van der Waals surface area contributed by atoms with Gasteiger partial charge in [0.2, 0.25) is 0 Å². The van der Waals surface area contributed by atoms with E-state index in [-0.39, 0.29) is 5.41 Å². The lowest BCUT2D eigenvalue weighted by Crippen LogP contribution is -2.17. The number of aromatic nitrogens is 1. The molecule has 1 aromatic heterocycles. The summed E-state index contributed by atoms with van der Waals surface area (Å²) in [6.07, 6.45) is 1.79. The lowest BCUT2D eigenvalue weighted by atomic mass is 9.81. The lowest BCUT2D eigenvalue weighted by molar-refractivity contribution is 0.0596. The Kier molecular flexibility index (Phi) is 4.92. The summed E-state index contributed by atoms with van der Waals surface area (Å²) >= 11 is 0. The van der Waals surface area contributed by atoms with E-state index in [2.05, 4.69) is 31.8 Å². The number of esters is 1. The standard InChI is InChI=1S/C23H25NO3/c1-14-17(16-11-7-9-15-10-8-12-24-20(15)16)13-18(23(2,3)4)21(26-5)19(14)22(25)27-6/h7-13H,1-6H3. The van der Waals surface area contributed by atoms with Crippen molar-refractivity contribution < 1.29 is 14.3 Å². The number of ether oxygens (including phenoxy) is 2. The molecule has 3 aromatic rings. The van der Waals surface area contributed by atoms with Crippen molar-refractivity contribution in [3.8, 4) is 16.9 Å². The van der Waals surface area contributed by atoms with Gasteiger partial charge in [0.1, 0.15) is 11.3 Å². The fraction of sp³-hybridized carbons (Fsp3) is 0.304. The van der Waals surface area contributed by atoms with Gasteiger partial charge in [-0.15, -0.1) is 0 Å². The van der Waals surface area contributed by atoms with Crippen LogP contribution in [0.1, 0.15) is 42.3 Å². The minimum absolute atomic E-state index is 0.214. The molecular formula is C23H25NO3. The quantitative estimate of drug-likeness (QED) is 0.592. The largest absolute Gasteiger partial charge is 0.496 e. The maximum absolute atomic E-state index is 12.6. The number of para-hydroxylation sites is 1. The van der Waals surface area contributed by atoms with E-state index in [1.165, 1.54) is 7.11 Å². The van der Waals surface area contributed by atoms with Crippen LogP contribution in [0.4, 0.5) is 0 Å². The van der Waals surface area contributed by atoms with Gasteiger partial charge in [-0.2, -0.15) is 0 Å². The van der Waals surface area contributed by atoms with Crippen molar-refractivity contribution in [2.75, 3.05) is 14.2 Å². The van der Waals surface area contributed by atoms with Gasteiger partial charge in [-0.3, -0.25) is 4.98 Å². The van der Waals surface area contributed by atoms with Crippen LogP contribution < -0.4 is 4.74 Å². The predicted octanol–water partition coefficient (Wildman–Crippen LogP) is 5.30. The second-order valence-corrected chi connectivity index (χ2v) is 7.63. The lowest BCUT2D eigenvalue weighted by Gasteiger charge is -2.26. The van der Waals surface area contributed by atoms with Crippen molar-refractivity contribution in [1.82, 2.24) is 4.98 Å². The SMILES string of the molecule is COC(=O)c1c(C)c(-c2cccc3cccnc23)cc(C(C)(C)C)c1OC. The van der Waals surface area contributed by atoms with Crippen LogP contribution in [0.15, 0.2) is 42.6 Å². The number of fused-ring (bicyclic) bond motifs is 1. The van der Waals surface area contributed by atoms with Crippen LogP contribution in [0.25, 0.3) is 22.0 Å². The highest BCUT2D eigenvalue weighted by molar-refractivity contribution is 6.01. The van der Waals surface area contributed by atoms with Crippen LogP contribution >= 0.6 is 0 Å². The molecule has 0 amide bonds. The Bertz CT molecular complexity index is 1010. The number of benzene rings is 2. The van der Waals surface area contributed by atoms with Crippen molar-refractivity contribution in [3.63, 3.8) is 0 Å². The van der Waals surface area contributed by atoms with Crippen molar-refractivity contribution in [2.24, 2.45) is 0 Å². The molecule has 0 aliphatic heterocycles. The Balaban J connectivity index is 2.45. The Morgan fingerprint density at radius 1 is 1.04 bits per heavy atom. The zero-order valence-corrected chi connectivity index (χ0v) is 16.7. The van der Waals surface area contributed by atoms with Crippen molar-refractivity contribution in [1.29, 1.82) is 0 Å². The summed E-state index contributed by atoms with van der Waals surface area (Å²) in [6, 6.07) is 12.2. The topological polar surface area (TPSA) is 48.4 Å². The monoisotopic (exact) mass is 363 g/mol. The molecule has 1 heterocycles. The van der Waals surface area contributed by atoms with E-state index in [4.69, 9.17) is 9.47 Å². The van der Waals surface area contributed by atoms with Gasteiger partial charge in [0.05, 0.1) is 19.7 Å². The van der Waals surface area contributed by atoms with Gasteiger partial charge in [-0.25, -0.2) is 4.79 Å². The summed E-state index contributed by atoms with van der Waals surface area (Å²) in [5, 5.41) is 1.06. The Labute approximate surface area is 160 Å². The first-order chi connectivity index (χ1) is 12.8. The van der Waals surface area contributed by atoms with Gasteiger partial charge in [-0.1, -0.05) is 45.0 Å². The number of pyridine rings is 1. The predicted molar refractivity (Wildman–Crippen MR) is 109 cm³/mol. The third-order valence-corrected chi connectivity index (χ3v) is 4.86. The summed E-state index contributed by atoms with van der Waals surface area (Å²) in [5.74, 6) is 0.175. The van der Waals surface area contributed by atoms with Crippen LogP contribution in [-0.4, -0.2) is 25.2 Å². The number of hydrogen-bond donors (Lipinski definition) is 0. The Morgan fingerprint density at radius 3 is 2.37 bits per heavy atom. The summed E-state index contributed by atoms with van der Waals surface area (Å²) < 4.78 is 10.7. The van der Waals surface area contributed by atoms with E-state index in [9.17, 15) is 4.79 Å². The van der Waals surface area contributed by atoms with Crippen LogP contribution in [0.2, 0.25) is 0 Å². The molecule has 0 saturated heterocycles. The summed E-state index contributed by atoms with van der Waals surface area (Å²) in [7, 11) is 2.99. The molecule has 0 unspecified atom stereocenters. The average Bonchev–Trinajstić information content (AvgIpc) is 2.65. The van der Waals surface area contributed by atoms with E-state index in [0.717, 1.165) is 33.2 Å². The molecule has 0 aliphatic rings. The molecule has 3 rings (SSSR count). The molecule has 2 aromatic carbocycles. The molecule has 4 heteroatoms. The average molecular weight is 363 g/mol. The van der Waals surface area contributed by atoms with Crippen molar-refractivity contribution in [2.45, 2.75) is 33.1 Å². The summed E-state index contributed by atoms with van der Waals surface area (Å²) in [5.41, 5.74) is 4.90. The van der Waals surface area contributed by atoms with E-state index < -0.39 is 5.97 Å². The van der Waals surface area contributed by atoms with Gasteiger partial charge >= 0.3 is 5.97 Å². The van der Waals surface area contributed by atoms with Crippen LogP contribution in [0.3, 0.4) is 0 Å². The zero-order valence-electron chi connectivity index (χ0n) is 16.7. The number of carbonyl (C=O) groups is 1. The van der Waals surface area contributed by atoms with E-state index in [1.807, 2.05) is 37.3 Å². The van der Waals surface area contributed by atoms with Crippen molar-refractivity contribution in [3.05, 3.63) is 59.3 Å². The maximum Gasteiger partial charge on any atom is 0.341 e. The Hall–Kier alpha value is -2.88. The van der Waals surface area contributed by atoms with E-state index in [0.29, 0.717) is 11.3 Å². The highest BCUT2D eigenvalue weighted by Crippen LogP contribution is 2.42. The molecule has 27 heavy (non-hydrogen) atoms. The minimum Gasteiger partial charge on any atom is -0.496 e. The smallest absolute Gasteiger partial charge is 0.341 e. The first-order valence-electron chi connectivity index (χ1n) is 8.94.